The van der Waals surface area contributed by atoms with Crippen LogP contribution in [0.25, 0.3) is 0 Å². The molecule has 160 valence electrons. The number of nitrogens with zero attached hydrogens (tertiary/aromatic N) is 3. The summed E-state index contributed by atoms with van der Waals surface area (Å²) in [6.45, 7) is 0.581. The molecule has 2 aromatic rings. The average molecular weight is 457 g/mol. The van der Waals surface area contributed by atoms with Crippen LogP contribution in [0, 0.1) is 15.9 Å². The Balaban J connectivity index is 1.60. The quantitative estimate of drug-likeness (QED) is 0.527. The molecule has 0 saturated carbocycles. The van der Waals surface area contributed by atoms with Gasteiger partial charge in [-0.1, -0.05) is 23.7 Å². The third-order valence-electron chi connectivity index (χ3n) is 4.58. The van der Waals surface area contributed by atoms with E-state index in [1.807, 2.05) is 0 Å². The van der Waals surface area contributed by atoms with Gasteiger partial charge in [-0.2, -0.15) is 4.31 Å². The first-order chi connectivity index (χ1) is 14.2. The Labute approximate surface area is 177 Å². The van der Waals surface area contributed by atoms with Gasteiger partial charge in [0.1, 0.15) is 16.4 Å². The molecule has 1 N–H and O–H groups in total. The molecule has 0 bridgehead atoms. The van der Waals surface area contributed by atoms with Gasteiger partial charge in [0.15, 0.2) is 0 Å². The van der Waals surface area contributed by atoms with Crippen molar-refractivity contribution in [3.63, 3.8) is 0 Å². The van der Waals surface area contributed by atoms with Crippen molar-refractivity contribution in [1.82, 2.24) is 9.21 Å². The molecule has 30 heavy (non-hydrogen) atoms. The summed E-state index contributed by atoms with van der Waals surface area (Å²) in [4.78, 5) is 24.1. The summed E-state index contributed by atoms with van der Waals surface area (Å²) < 4.78 is 40.3. The van der Waals surface area contributed by atoms with Crippen LogP contribution in [-0.4, -0.2) is 61.2 Å². The molecule has 1 aliphatic heterocycles. The first-order valence-corrected chi connectivity index (χ1v) is 10.7. The predicted molar refractivity (Wildman–Crippen MR) is 108 cm³/mol. The van der Waals surface area contributed by atoms with Gasteiger partial charge in [0.25, 0.3) is 5.69 Å². The summed E-state index contributed by atoms with van der Waals surface area (Å²) >= 11 is 5.84. The van der Waals surface area contributed by atoms with Crippen LogP contribution in [0.4, 0.5) is 15.8 Å². The minimum absolute atomic E-state index is 0.0155. The van der Waals surface area contributed by atoms with Crippen LogP contribution in [0.2, 0.25) is 5.02 Å². The van der Waals surface area contributed by atoms with Crippen LogP contribution in [0.3, 0.4) is 0 Å². The number of hydrogen-bond donors (Lipinski definition) is 1. The number of amides is 1. The zero-order valence-electron chi connectivity index (χ0n) is 15.6. The molecule has 12 heteroatoms. The number of benzene rings is 2. The summed E-state index contributed by atoms with van der Waals surface area (Å²) in [5.41, 5.74) is -0.299. The fraction of sp³-hybridized carbons (Fsp3) is 0.278. The average Bonchev–Trinajstić information content (AvgIpc) is 2.68. The maximum Gasteiger partial charge on any atom is 0.292 e. The van der Waals surface area contributed by atoms with Crippen molar-refractivity contribution >= 4 is 38.9 Å². The van der Waals surface area contributed by atoms with E-state index in [1.165, 1.54) is 40.7 Å². The van der Waals surface area contributed by atoms with Crippen LogP contribution in [0.1, 0.15) is 0 Å². The van der Waals surface area contributed by atoms with E-state index in [2.05, 4.69) is 5.32 Å². The molecule has 0 unspecified atom stereocenters. The summed E-state index contributed by atoms with van der Waals surface area (Å²) in [6.07, 6.45) is 0. The van der Waals surface area contributed by atoms with Crippen LogP contribution >= 0.6 is 11.6 Å². The summed E-state index contributed by atoms with van der Waals surface area (Å²) in [6, 6.07) is 9.00. The van der Waals surface area contributed by atoms with Crippen molar-refractivity contribution in [1.29, 1.82) is 0 Å². The number of rotatable bonds is 6. The molecular weight excluding hydrogens is 439 g/mol. The summed E-state index contributed by atoms with van der Waals surface area (Å²) in [5, 5.41) is 13.8. The normalized spacial score (nSPS) is 15.7. The van der Waals surface area contributed by atoms with Gasteiger partial charge in [-0.15, -0.1) is 0 Å². The molecule has 1 heterocycles. The van der Waals surface area contributed by atoms with E-state index in [9.17, 15) is 27.7 Å². The first kappa shape index (κ1) is 22.1. The largest absolute Gasteiger partial charge is 0.319 e. The standard InChI is InChI=1S/C18H18ClFN4O5S/c19-13-5-6-16(24(26)27)15(11-13)21-18(25)12-22-7-9-23(10-8-22)30(28,29)17-4-2-1-3-14(17)20/h1-6,11H,7-10,12H2,(H,21,25). The number of nitro benzene ring substituents is 1. The molecule has 0 atom stereocenters. The molecule has 3 rings (SSSR count). The van der Waals surface area contributed by atoms with Crippen molar-refractivity contribution < 1.29 is 22.5 Å². The Bertz CT molecular complexity index is 1070. The number of hydrogen-bond acceptors (Lipinski definition) is 6. The van der Waals surface area contributed by atoms with Gasteiger partial charge in [-0.25, -0.2) is 12.8 Å². The van der Waals surface area contributed by atoms with Gasteiger partial charge in [0, 0.05) is 37.3 Å². The van der Waals surface area contributed by atoms with E-state index in [0.29, 0.717) is 0 Å². The SMILES string of the molecule is O=C(CN1CCN(S(=O)(=O)c2ccccc2F)CC1)Nc1cc(Cl)ccc1[N+](=O)[O-]. The molecule has 1 saturated heterocycles. The van der Waals surface area contributed by atoms with E-state index in [0.717, 1.165) is 6.07 Å². The van der Waals surface area contributed by atoms with Gasteiger partial charge in [0.05, 0.1) is 11.5 Å². The van der Waals surface area contributed by atoms with Gasteiger partial charge in [-0.3, -0.25) is 19.8 Å². The van der Waals surface area contributed by atoms with Gasteiger partial charge in [-0.05, 0) is 24.3 Å². The number of nitro groups is 1. The zero-order valence-corrected chi connectivity index (χ0v) is 17.2. The Morgan fingerprint density at radius 3 is 2.47 bits per heavy atom. The van der Waals surface area contributed by atoms with Crippen molar-refractivity contribution in [2.24, 2.45) is 0 Å². The van der Waals surface area contributed by atoms with E-state index in [4.69, 9.17) is 11.6 Å². The van der Waals surface area contributed by atoms with Crippen molar-refractivity contribution in [3.05, 3.63) is 63.4 Å². The second kappa shape index (κ2) is 9.04. The first-order valence-electron chi connectivity index (χ1n) is 8.89. The highest BCUT2D eigenvalue weighted by atomic mass is 35.5. The van der Waals surface area contributed by atoms with E-state index in [-0.39, 0.29) is 54.0 Å². The Kier molecular flexibility index (Phi) is 6.66. The maximum atomic E-state index is 13.9. The fourth-order valence-corrected chi connectivity index (χ4v) is 4.74. The second-order valence-electron chi connectivity index (χ2n) is 6.58. The molecule has 2 aromatic carbocycles. The molecule has 1 amide bonds. The Hall–Kier alpha value is -2.60. The minimum atomic E-state index is -3.97. The Morgan fingerprint density at radius 2 is 1.83 bits per heavy atom. The number of halogens is 2. The number of carbonyl (C=O) groups excluding carboxylic acids is 1. The number of anilines is 1. The smallest absolute Gasteiger partial charge is 0.292 e. The molecule has 9 nitrogen and oxygen atoms in total. The predicted octanol–water partition coefficient (Wildman–Crippen LogP) is 2.33. The van der Waals surface area contributed by atoms with Crippen molar-refractivity contribution in [2.75, 3.05) is 38.0 Å². The van der Waals surface area contributed by atoms with Crippen LogP contribution < -0.4 is 5.32 Å². The second-order valence-corrected chi connectivity index (χ2v) is 8.92. The summed E-state index contributed by atoms with van der Waals surface area (Å²) in [7, 11) is -3.97. The molecule has 0 radical (unpaired) electrons. The van der Waals surface area contributed by atoms with Crippen LogP contribution in [0.15, 0.2) is 47.4 Å². The van der Waals surface area contributed by atoms with Crippen molar-refractivity contribution in [3.8, 4) is 0 Å². The van der Waals surface area contributed by atoms with Crippen LogP contribution in [-0.2, 0) is 14.8 Å². The lowest BCUT2D eigenvalue weighted by atomic mass is 10.2. The molecule has 0 spiro atoms. The number of sulfonamides is 1. The van der Waals surface area contributed by atoms with Crippen molar-refractivity contribution in [2.45, 2.75) is 4.90 Å². The molecule has 0 aromatic heterocycles. The fourth-order valence-electron chi connectivity index (χ4n) is 3.08. The lowest BCUT2D eigenvalue weighted by molar-refractivity contribution is -0.383. The Morgan fingerprint density at radius 1 is 1.17 bits per heavy atom. The highest BCUT2D eigenvalue weighted by molar-refractivity contribution is 7.89. The molecule has 1 fully saturated rings. The lowest BCUT2D eigenvalue weighted by Crippen LogP contribution is -2.50. The lowest BCUT2D eigenvalue weighted by Gasteiger charge is -2.33. The monoisotopic (exact) mass is 456 g/mol. The molecule has 0 aliphatic carbocycles. The molecular formula is C18H18ClFN4O5S. The topological polar surface area (TPSA) is 113 Å². The number of nitrogens with one attached hydrogen (secondary N) is 1. The minimum Gasteiger partial charge on any atom is -0.319 e. The van der Waals surface area contributed by atoms with Gasteiger partial charge in [0.2, 0.25) is 15.9 Å². The number of piperazine rings is 1. The third kappa shape index (κ3) is 4.93. The maximum absolute atomic E-state index is 13.9. The van der Waals surface area contributed by atoms with E-state index < -0.39 is 26.7 Å². The highest BCUT2D eigenvalue weighted by Gasteiger charge is 2.31. The summed E-state index contributed by atoms with van der Waals surface area (Å²) in [5.74, 6) is -1.31. The van der Waals surface area contributed by atoms with E-state index >= 15 is 0 Å². The van der Waals surface area contributed by atoms with E-state index in [1.54, 1.807) is 4.90 Å². The van der Waals surface area contributed by atoms with Gasteiger partial charge >= 0.3 is 0 Å². The third-order valence-corrected chi connectivity index (χ3v) is 6.75. The zero-order chi connectivity index (χ0) is 21.9. The van der Waals surface area contributed by atoms with Crippen LogP contribution in [0.5, 0.6) is 0 Å². The highest BCUT2D eigenvalue weighted by Crippen LogP contribution is 2.27. The van der Waals surface area contributed by atoms with Gasteiger partial charge < -0.3 is 5.32 Å². The molecule has 1 aliphatic rings. The number of carbonyl (C=O) groups is 1.